The van der Waals surface area contributed by atoms with Crippen LogP contribution in [0.1, 0.15) is 39.0 Å². The Morgan fingerprint density at radius 1 is 1.18 bits per heavy atom. The lowest BCUT2D eigenvalue weighted by Gasteiger charge is -2.37. The predicted molar refractivity (Wildman–Crippen MR) is 118 cm³/mol. The maximum atomic E-state index is 13.2. The minimum atomic E-state index is 0. The molecule has 5 nitrogen and oxygen atoms in total. The van der Waals surface area contributed by atoms with E-state index < -0.39 is 0 Å². The van der Waals surface area contributed by atoms with Crippen LogP contribution >= 0.6 is 24.8 Å². The standard InChI is InChI=1S/C21H32N4O.2ClH/c1-2-24(21(26)19-16-6-7-17(13-16)20(19)22)14-15-8-11-25(12-9-15)18-5-3-4-10-23-18;;/h3-5,10,15-17,19-20H,2,6-9,11-14,22H2,1H3;2*1H. The van der Waals surface area contributed by atoms with Crippen LogP contribution in [0.15, 0.2) is 24.4 Å². The fraction of sp³-hybridized carbons (Fsp3) is 0.714. The fourth-order valence-electron chi connectivity index (χ4n) is 5.49. The molecule has 0 aromatic carbocycles. The first-order chi connectivity index (χ1) is 12.7. The maximum Gasteiger partial charge on any atom is 0.227 e. The molecule has 2 bridgehead atoms. The smallest absolute Gasteiger partial charge is 0.227 e. The number of fused-ring (bicyclic) bond motifs is 2. The van der Waals surface area contributed by atoms with Crippen LogP contribution < -0.4 is 10.6 Å². The SMILES string of the molecule is CCN(CC1CCN(c2ccccn2)CC1)C(=O)C1C2CCC(C2)C1N.Cl.Cl. The van der Waals surface area contributed by atoms with Gasteiger partial charge in [0.1, 0.15) is 5.82 Å². The van der Waals surface area contributed by atoms with Crippen molar-refractivity contribution in [3.63, 3.8) is 0 Å². The number of anilines is 1. The summed E-state index contributed by atoms with van der Waals surface area (Å²) in [6.07, 6.45) is 7.73. The number of carbonyl (C=O) groups is 1. The second-order valence-electron chi connectivity index (χ2n) is 8.43. The largest absolute Gasteiger partial charge is 0.357 e. The van der Waals surface area contributed by atoms with Gasteiger partial charge < -0.3 is 15.5 Å². The zero-order valence-corrected chi connectivity index (χ0v) is 18.3. The number of rotatable bonds is 5. The van der Waals surface area contributed by atoms with Gasteiger partial charge in [0.05, 0.1) is 5.92 Å². The molecule has 28 heavy (non-hydrogen) atoms. The van der Waals surface area contributed by atoms with Crippen LogP contribution in [0.2, 0.25) is 0 Å². The topological polar surface area (TPSA) is 62.5 Å². The number of pyridine rings is 1. The molecule has 2 N–H and O–H groups in total. The zero-order valence-electron chi connectivity index (χ0n) is 16.7. The van der Waals surface area contributed by atoms with Crippen molar-refractivity contribution in [3.8, 4) is 0 Å². The van der Waals surface area contributed by atoms with Crippen molar-refractivity contribution in [3.05, 3.63) is 24.4 Å². The fourth-order valence-corrected chi connectivity index (χ4v) is 5.49. The molecule has 1 aromatic heterocycles. The molecule has 3 aliphatic rings. The number of hydrogen-bond donors (Lipinski definition) is 1. The van der Waals surface area contributed by atoms with Gasteiger partial charge in [-0.05, 0) is 68.9 Å². The van der Waals surface area contributed by atoms with Gasteiger partial charge in [0.15, 0.2) is 0 Å². The van der Waals surface area contributed by atoms with Crippen molar-refractivity contribution in [1.29, 1.82) is 0 Å². The van der Waals surface area contributed by atoms with Gasteiger partial charge in [0.2, 0.25) is 5.91 Å². The summed E-state index contributed by atoms with van der Waals surface area (Å²) < 4.78 is 0. The second kappa shape index (κ2) is 10.1. The first-order valence-electron chi connectivity index (χ1n) is 10.4. The van der Waals surface area contributed by atoms with Crippen molar-refractivity contribution in [1.82, 2.24) is 9.88 Å². The summed E-state index contributed by atoms with van der Waals surface area (Å²) in [6, 6.07) is 6.19. The molecule has 2 aliphatic carbocycles. The molecule has 158 valence electrons. The van der Waals surface area contributed by atoms with E-state index in [1.807, 2.05) is 18.3 Å². The molecular weight excluding hydrogens is 395 g/mol. The van der Waals surface area contributed by atoms with Gasteiger partial charge in [-0.2, -0.15) is 0 Å². The van der Waals surface area contributed by atoms with Crippen LogP contribution in [0.25, 0.3) is 0 Å². The maximum absolute atomic E-state index is 13.2. The summed E-state index contributed by atoms with van der Waals surface area (Å²) in [5.41, 5.74) is 6.41. The minimum Gasteiger partial charge on any atom is -0.357 e. The molecule has 1 amide bonds. The van der Waals surface area contributed by atoms with Gasteiger partial charge in [-0.25, -0.2) is 4.98 Å². The van der Waals surface area contributed by atoms with Crippen LogP contribution in [0.5, 0.6) is 0 Å². The third-order valence-corrected chi connectivity index (χ3v) is 7.03. The van der Waals surface area contributed by atoms with Crippen LogP contribution in [-0.4, -0.2) is 48.0 Å². The molecule has 1 saturated heterocycles. The Morgan fingerprint density at radius 3 is 2.46 bits per heavy atom. The van der Waals surface area contributed by atoms with Gasteiger partial charge in [-0.15, -0.1) is 24.8 Å². The van der Waals surface area contributed by atoms with Gasteiger partial charge in [0.25, 0.3) is 0 Å². The molecule has 2 heterocycles. The molecule has 7 heteroatoms. The minimum absolute atomic E-state index is 0. The molecule has 0 spiro atoms. The molecular formula is C21H34Cl2N4O. The normalized spacial score (nSPS) is 29.1. The number of aromatic nitrogens is 1. The molecule has 0 radical (unpaired) electrons. The van der Waals surface area contributed by atoms with Gasteiger partial charge in [0, 0.05) is 38.4 Å². The first-order valence-corrected chi connectivity index (χ1v) is 10.4. The number of nitrogens with zero attached hydrogens (tertiary/aromatic N) is 3. The van der Waals surface area contributed by atoms with Crippen molar-refractivity contribution < 1.29 is 4.79 Å². The van der Waals surface area contributed by atoms with E-state index in [-0.39, 0.29) is 36.8 Å². The number of piperidine rings is 1. The zero-order chi connectivity index (χ0) is 18.1. The molecule has 4 unspecified atom stereocenters. The van der Waals surface area contributed by atoms with Crippen LogP contribution in [0.4, 0.5) is 5.82 Å². The highest BCUT2D eigenvalue weighted by Gasteiger charge is 2.50. The summed E-state index contributed by atoms with van der Waals surface area (Å²) >= 11 is 0. The summed E-state index contributed by atoms with van der Waals surface area (Å²) in [6.45, 7) is 5.87. The van der Waals surface area contributed by atoms with E-state index in [1.54, 1.807) is 0 Å². The molecule has 3 fully saturated rings. The van der Waals surface area contributed by atoms with Crippen LogP contribution in [0, 0.1) is 23.7 Å². The third-order valence-electron chi connectivity index (χ3n) is 7.03. The summed E-state index contributed by atoms with van der Waals surface area (Å²) in [7, 11) is 0. The van der Waals surface area contributed by atoms with E-state index in [1.165, 1.54) is 19.3 Å². The van der Waals surface area contributed by atoms with Crippen molar-refractivity contribution in [2.75, 3.05) is 31.1 Å². The van der Waals surface area contributed by atoms with Crippen molar-refractivity contribution >= 4 is 36.5 Å². The lowest BCUT2D eigenvalue weighted by molar-refractivity contribution is -0.138. The Hall–Kier alpha value is -1.04. The lowest BCUT2D eigenvalue weighted by Crippen LogP contribution is -2.49. The van der Waals surface area contributed by atoms with Crippen molar-refractivity contribution in [2.24, 2.45) is 29.4 Å². The summed E-state index contributed by atoms with van der Waals surface area (Å²) in [5.74, 6) is 3.22. The average molecular weight is 429 g/mol. The highest BCUT2D eigenvalue weighted by Crippen LogP contribution is 2.48. The Kier molecular flexibility index (Phi) is 8.41. The first kappa shape index (κ1) is 23.2. The second-order valence-corrected chi connectivity index (χ2v) is 8.43. The predicted octanol–water partition coefficient (Wildman–Crippen LogP) is 3.36. The van der Waals surface area contributed by atoms with Gasteiger partial charge in [-0.1, -0.05) is 6.07 Å². The van der Waals surface area contributed by atoms with Crippen LogP contribution in [-0.2, 0) is 4.79 Å². The van der Waals surface area contributed by atoms with E-state index >= 15 is 0 Å². The number of carbonyl (C=O) groups excluding carboxylic acids is 1. The number of halogens is 2. The van der Waals surface area contributed by atoms with Crippen LogP contribution in [0.3, 0.4) is 0 Å². The number of amides is 1. The number of nitrogens with two attached hydrogens (primary N) is 1. The highest BCUT2D eigenvalue weighted by atomic mass is 35.5. The third kappa shape index (κ3) is 4.58. The monoisotopic (exact) mass is 428 g/mol. The Balaban J connectivity index is 0.00000140. The molecule has 1 aliphatic heterocycles. The Morgan fingerprint density at radius 2 is 1.89 bits per heavy atom. The van der Waals surface area contributed by atoms with E-state index in [9.17, 15) is 4.79 Å². The van der Waals surface area contributed by atoms with Gasteiger partial charge in [-0.3, -0.25) is 4.79 Å². The number of hydrogen-bond acceptors (Lipinski definition) is 4. The average Bonchev–Trinajstić information content (AvgIpc) is 3.28. The van der Waals surface area contributed by atoms with E-state index in [2.05, 4.69) is 27.8 Å². The summed E-state index contributed by atoms with van der Waals surface area (Å²) in [4.78, 5) is 22.1. The highest BCUT2D eigenvalue weighted by molar-refractivity contribution is 5.85. The Bertz CT molecular complexity index is 622. The molecule has 2 saturated carbocycles. The van der Waals surface area contributed by atoms with Gasteiger partial charge >= 0.3 is 0 Å². The van der Waals surface area contributed by atoms with E-state index in [0.29, 0.717) is 23.7 Å². The van der Waals surface area contributed by atoms with E-state index in [4.69, 9.17) is 5.73 Å². The molecule has 4 rings (SSSR count). The Labute approximate surface area is 181 Å². The molecule has 4 atom stereocenters. The quantitative estimate of drug-likeness (QED) is 0.780. The lowest BCUT2D eigenvalue weighted by atomic mass is 9.83. The summed E-state index contributed by atoms with van der Waals surface area (Å²) in [5, 5.41) is 0. The molecule has 1 aromatic rings. The van der Waals surface area contributed by atoms with Crippen molar-refractivity contribution in [2.45, 2.75) is 45.1 Å². The van der Waals surface area contributed by atoms with E-state index in [0.717, 1.165) is 44.8 Å².